The summed E-state index contributed by atoms with van der Waals surface area (Å²) in [6, 6.07) is 0. The van der Waals surface area contributed by atoms with Crippen molar-refractivity contribution in [1.82, 2.24) is 5.32 Å². The molecule has 1 heteroatoms. The maximum atomic E-state index is 3.45. The largest absolute Gasteiger partial charge is 0.319 e. The van der Waals surface area contributed by atoms with Crippen LogP contribution in [0.1, 0.15) is 90.4 Å². The van der Waals surface area contributed by atoms with Crippen LogP contribution in [0.3, 0.4) is 0 Å². The Bertz CT molecular complexity index is 177. The van der Waals surface area contributed by atoms with Crippen molar-refractivity contribution in [3.8, 4) is 0 Å². The van der Waals surface area contributed by atoms with Crippen LogP contribution in [-0.2, 0) is 0 Å². The van der Waals surface area contributed by atoms with Crippen molar-refractivity contribution in [3.05, 3.63) is 0 Å². The smallest absolute Gasteiger partial charge is 0.000480 e. The molecule has 0 aromatic carbocycles. The van der Waals surface area contributed by atoms with E-state index in [2.05, 4.69) is 19.3 Å². The lowest BCUT2D eigenvalue weighted by Gasteiger charge is -2.37. The lowest BCUT2D eigenvalue weighted by atomic mass is 9.71. The summed E-state index contributed by atoms with van der Waals surface area (Å²) in [4.78, 5) is 0. The van der Waals surface area contributed by atoms with E-state index in [9.17, 15) is 0 Å². The Kier molecular flexibility index (Phi) is 8.75. The first-order valence-corrected chi connectivity index (χ1v) is 8.47. The van der Waals surface area contributed by atoms with Gasteiger partial charge in [0.15, 0.2) is 0 Å². The summed E-state index contributed by atoms with van der Waals surface area (Å²) in [5, 5.41) is 3.45. The molecule has 1 saturated carbocycles. The van der Waals surface area contributed by atoms with Crippen molar-refractivity contribution >= 4 is 0 Å². The van der Waals surface area contributed by atoms with Crippen LogP contribution in [0.15, 0.2) is 0 Å². The predicted molar refractivity (Wildman–Crippen MR) is 82.1 cm³/mol. The van der Waals surface area contributed by atoms with E-state index in [0.29, 0.717) is 5.41 Å². The summed E-state index contributed by atoms with van der Waals surface area (Å²) >= 11 is 0. The van der Waals surface area contributed by atoms with Gasteiger partial charge in [0.1, 0.15) is 0 Å². The summed E-state index contributed by atoms with van der Waals surface area (Å²) in [5.41, 5.74) is 0.663. The van der Waals surface area contributed by atoms with Crippen molar-refractivity contribution in [2.45, 2.75) is 90.4 Å². The topological polar surface area (TPSA) is 12.0 Å². The van der Waals surface area contributed by atoms with Gasteiger partial charge < -0.3 is 5.32 Å². The minimum Gasteiger partial charge on any atom is -0.319 e. The van der Waals surface area contributed by atoms with Crippen LogP contribution >= 0.6 is 0 Å². The molecule has 108 valence electrons. The summed E-state index contributed by atoms with van der Waals surface area (Å²) in [5.74, 6) is 0. The van der Waals surface area contributed by atoms with Gasteiger partial charge in [-0.3, -0.25) is 0 Å². The van der Waals surface area contributed by atoms with E-state index in [1.54, 1.807) is 0 Å². The fourth-order valence-electron chi connectivity index (χ4n) is 3.65. The lowest BCUT2D eigenvalue weighted by Crippen LogP contribution is -2.34. The molecule has 1 nitrogen and oxygen atoms in total. The molecule has 1 fully saturated rings. The van der Waals surface area contributed by atoms with Gasteiger partial charge in [-0.1, -0.05) is 71.1 Å². The Morgan fingerprint density at radius 2 is 1.44 bits per heavy atom. The zero-order valence-electron chi connectivity index (χ0n) is 12.9. The van der Waals surface area contributed by atoms with E-state index in [4.69, 9.17) is 0 Å². The standard InChI is InChI=1S/C17H35N/c1-3-4-5-6-7-8-10-13-17(16-18-2)14-11-9-12-15-17/h18H,3-16H2,1-2H3. The molecule has 1 rings (SSSR count). The number of hydrogen-bond acceptors (Lipinski definition) is 1. The molecule has 1 aliphatic carbocycles. The molecule has 0 amide bonds. The van der Waals surface area contributed by atoms with Gasteiger partial charge in [-0.05, 0) is 31.7 Å². The van der Waals surface area contributed by atoms with E-state index >= 15 is 0 Å². The highest BCUT2D eigenvalue weighted by atomic mass is 14.8. The van der Waals surface area contributed by atoms with Crippen LogP contribution in [0.4, 0.5) is 0 Å². The van der Waals surface area contributed by atoms with Gasteiger partial charge in [-0.15, -0.1) is 0 Å². The van der Waals surface area contributed by atoms with Crippen LogP contribution in [0.5, 0.6) is 0 Å². The van der Waals surface area contributed by atoms with Crippen LogP contribution in [-0.4, -0.2) is 13.6 Å². The van der Waals surface area contributed by atoms with Crippen LogP contribution in [0.2, 0.25) is 0 Å². The molecule has 0 bridgehead atoms. The highest BCUT2D eigenvalue weighted by Crippen LogP contribution is 2.40. The molecular formula is C17H35N. The van der Waals surface area contributed by atoms with Gasteiger partial charge >= 0.3 is 0 Å². The average molecular weight is 253 g/mol. The number of unbranched alkanes of at least 4 members (excludes halogenated alkanes) is 6. The van der Waals surface area contributed by atoms with Crippen molar-refractivity contribution in [2.24, 2.45) is 5.41 Å². The molecule has 0 radical (unpaired) electrons. The second-order valence-corrected chi connectivity index (χ2v) is 6.46. The Balaban J connectivity index is 2.10. The molecule has 1 N–H and O–H groups in total. The van der Waals surface area contributed by atoms with E-state index < -0.39 is 0 Å². The maximum absolute atomic E-state index is 3.45. The van der Waals surface area contributed by atoms with E-state index in [1.165, 1.54) is 90.0 Å². The fourth-order valence-corrected chi connectivity index (χ4v) is 3.65. The Hall–Kier alpha value is -0.0400. The van der Waals surface area contributed by atoms with Crippen LogP contribution in [0.25, 0.3) is 0 Å². The first kappa shape index (κ1) is 16.0. The van der Waals surface area contributed by atoms with Gasteiger partial charge in [0.25, 0.3) is 0 Å². The second kappa shape index (κ2) is 9.83. The van der Waals surface area contributed by atoms with Gasteiger partial charge in [0.2, 0.25) is 0 Å². The Morgan fingerprint density at radius 1 is 0.833 bits per heavy atom. The number of nitrogens with one attached hydrogen (secondary N) is 1. The minimum atomic E-state index is 0.663. The molecule has 0 aliphatic heterocycles. The predicted octanol–water partition coefficient (Wildman–Crippen LogP) is 5.30. The van der Waals surface area contributed by atoms with E-state index in [-0.39, 0.29) is 0 Å². The molecule has 0 aromatic rings. The molecule has 1 aliphatic rings. The lowest BCUT2D eigenvalue weighted by molar-refractivity contribution is 0.165. The monoisotopic (exact) mass is 253 g/mol. The van der Waals surface area contributed by atoms with Gasteiger partial charge in [0, 0.05) is 6.54 Å². The highest BCUT2D eigenvalue weighted by molar-refractivity contribution is 4.84. The molecule has 18 heavy (non-hydrogen) atoms. The number of rotatable bonds is 10. The van der Waals surface area contributed by atoms with Crippen molar-refractivity contribution in [1.29, 1.82) is 0 Å². The molecular weight excluding hydrogens is 218 g/mol. The van der Waals surface area contributed by atoms with Crippen molar-refractivity contribution in [3.63, 3.8) is 0 Å². The SMILES string of the molecule is CCCCCCCCCC1(CNC)CCCCC1. The van der Waals surface area contributed by atoms with Crippen molar-refractivity contribution < 1.29 is 0 Å². The highest BCUT2D eigenvalue weighted by Gasteiger charge is 2.30. The molecule has 0 saturated heterocycles. The van der Waals surface area contributed by atoms with E-state index in [0.717, 1.165) is 0 Å². The maximum Gasteiger partial charge on any atom is 0.000480 e. The molecule has 0 atom stereocenters. The molecule has 0 unspecified atom stereocenters. The molecule has 0 aromatic heterocycles. The summed E-state index contributed by atoms with van der Waals surface area (Å²) < 4.78 is 0. The Morgan fingerprint density at radius 3 is 2.06 bits per heavy atom. The molecule has 0 spiro atoms. The fraction of sp³-hybridized carbons (Fsp3) is 1.00. The quantitative estimate of drug-likeness (QED) is 0.521. The van der Waals surface area contributed by atoms with Crippen LogP contribution < -0.4 is 5.32 Å². The van der Waals surface area contributed by atoms with Gasteiger partial charge in [0.05, 0.1) is 0 Å². The third kappa shape index (κ3) is 6.22. The number of hydrogen-bond donors (Lipinski definition) is 1. The zero-order chi connectivity index (χ0) is 13.1. The van der Waals surface area contributed by atoms with Crippen molar-refractivity contribution in [2.75, 3.05) is 13.6 Å². The average Bonchev–Trinajstić information content (AvgIpc) is 2.39. The first-order chi connectivity index (χ1) is 8.83. The molecule has 0 heterocycles. The normalized spacial score (nSPS) is 19.0. The van der Waals surface area contributed by atoms with Crippen LogP contribution in [0, 0.1) is 5.41 Å². The first-order valence-electron chi connectivity index (χ1n) is 8.47. The second-order valence-electron chi connectivity index (χ2n) is 6.46. The summed E-state index contributed by atoms with van der Waals surface area (Å²) in [7, 11) is 2.13. The summed E-state index contributed by atoms with van der Waals surface area (Å²) in [6.45, 7) is 3.55. The third-order valence-electron chi connectivity index (χ3n) is 4.78. The zero-order valence-corrected chi connectivity index (χ0v) is 12.9. The van der Waals surface area contributed by atoms with Gasteiger partial charge in [-0.25, -0.2) is 0 Å². The minimum absolute atomic E-state index is 0.663. The summed E-state index contributed by atoms with van der Waals surface area (Å²) in [6.07, 6.45) is 19.0. The van der Waals surface area contributed by atoms with Gasteiger partial charge in [-0.2, -0.15) is 0 Å². The van der Waals surface area contributed by atoms with E-state index in [1.807, 2.05) is 0 Å². The third-order valence-corrected chi connectivity index (χ3v) is 4.78. The Labute approximate surface area is 115 Å².